The molecule has 1 amide bonds. The van der Waals surface area contributed by atoms with Crippen LogP contribution in [0.25, 0.3) is 10.9 Å². The summed E-state index contributed by atoms with van der Waals surface area (Å²) in [6, 6.07) is 6.37. The summed E-state index contributed by atoms with van der Waals surface area (Å²) in [5.74, 6) is -0.354. The van der Waals surface area contributed by atoms with E-state index in [2.05, 4.69) is 5.32 Å². The highest BCUT2D eigenvalue weighted by Crippen LogP contribution is 2.22. The predicted molar refractivity (Wildman–Crippen MR) is 54.2 cm³/mol. The van der Waals surface area contributed by atoms with Gasteiger partial charge in [-0.15, -0.1) is 0 Å². The summed E-state index contributed by atoms with van der Waals surface area (Å²) in [5.41, 5.74) is 1.40. The van der Waals surface area contributed by atoms with Crippen molar-refractivity contribution in [1.29, 1.82) is 0 Å². The Morgan fingerprint density at radius 2 is 2.20 bits per heavy atom. The van der Waals surface area contributed by atoms with E-state index in [1.165, 1.54) is 12.1 Å². The van der Waals surface area contributed by atoms with Crippen molar-refractivity contribution in [2.75, 3.05) is 6.54 Å². The Morgan fingerprint density at radius 3 is 3.07 bits per heavy atom. The van der Waals surface area contributed by atoms with Crippen molar-refractivity contribution in [1.82, 2.24) is 9.88 Å². The van der Waals surface area contributed by atoms with Crippen LogP contribution in [0.5, 0.6) is 0 Å². The number of halogens is 1. The molecule has 4 heteroatoms. The second kappa shape index (κ2) is 2.82. The van der Waals surface area contributed by atoms with Crippen LogP contribution in [-0.2, 0) is 6.54 Å². The summed E-state index contributed by atoms with van der Waals surface area (Å²) < 4.78 is 14.9. The quantitative estimate of drug-likeness (QED) is 0.693. The average molecular weight is 204 g/mol. The fourth-order valence-electron chi connectivity index (χ4n) is 2.03. The van der Waals surface area contributed by atoms with Crippen LogP contribution < -0.4 is 5.32 Å². The van der Waals surface area contributed by atoms with Crippen LogP contribution in [0.3, 0.4) is 0 Å². The van der Waals surface area contributed by atoms with Crippen molar-refractivity contribution in [2.45, 2.75) is 6.54 Å². The van der Waals surface area contributed by atoms with Crippen molar-refractivity contribution >= 4 is 16.8 Å². The molecule has 0 aliphatic carbocycles. The summed E-state index contributed by atoms with van der Waals surface area (Å²) in [6.45, 7) is 1.31. The molecule has 3 nitrogen and oxygen atoms in total. The first-order valence-electron chi connectivity index (χ1n) is 4.83. The van der Waals surface area contributed by atoms with Gasteiger partial charge < -0.3 is 9.88 Å². The number of carbonyl (C=O) groups excluding carboxylic acids is 1. The number of amides is 1. The van der Waals surface area contributed by atoms with Gasteiger partial charge in [0, 0.05) is 18.5 Å². The highest BCUT2D eigenvalue weighted by molar-refractivity contribution is 5.99. The molecule has 0 fully saturated rings. The van der Waals surface area contributed by atoms with Gasteiger partial charge in [0.25, 0.3) is 5.91 Å². The van der Waals surface area contributed by atoms with Gasteiger partial charge in [-0.1, -0.05) is 0 Å². The summed E-state index contributed by atoms with van der Waals surface area (Å²) in [7, 11) is 0. The van der Waals surface area contributed by atoms with E-state index in [-0.39, 0.29) is 11.7 Å². The zero-order valence-electron chi connectivity index (χ0n) is 7.96. The normalized spacial score (nSPS) is 15.1. The number of aromatic nitrogens is 1. The first-order chi connectivity index (χ1) is 7.25. The molecule has 0 saturated heterocycles. The highest BCUT2D eigenvalue weighted by atomic mass is 19.1. The topological polar surface area (TPSA) is 34.0 Å². The molecule has 0 radical (unpaired) electrons. The maximum atomic E-state index is 13.1. The van der Waals surface area contributed by atoms with Crippen LogP contribution in [0.1, 0.15) is 10.5 Å². The third kappa shape index (κ3) is 1.14. The fraction of sp³-hybridized carbons (Fsp3) is 0.182. The molecule has 1 aliphatic heterocycles. The molecule has 0 spiro atoms. The van der Waals surface area contributed by atoms with Gasteiger partial charge in [-0.05, 0) is 24.3 Å². The minimum absolute atomic E-state index is 0.0853. The lowest BCUT2D eigenvalue weighted by molar-refractivity contribution is 0.0929. The fourth-order valence-corrected chi connectivity index (χ4v) is 2.03. The first kappa shape index (κ1) is 8.47. The van der Waals surface area contributed by atoms with Crippen molar-refractivity contribution in [3.63, 3.8) is 0 Å². The zero-order valence-corrected chi connectivity index (χ0v) is 7.96. The number of nitrogens with zero attached hydrogens (tertiary/aromatic N) is 1. The molecule has 1 aromatic heterocycles. The number of benzene rings is 1. The summed E-state index contributed by atoms with van der Waals surface area (Å²) >= 11 is 0. The number of rotatable bonds is 0. The molecule has 15 heavy (non-hydrogen) atoms. The molecular formula is C11H9FN2O. The van der Waals surface area contributed by atoms with Crippen molar-refractivity contribution in [3.8, 4) is 0 Å². The van der Waals surface area contributed by atoms with Crippen LogP contribution in [-0.4, -0.2) is 17.0 Å². The lowest BCUT2D eigenvalue weighted by Gasteiger charge is -2.16. The van der Waals surface area contributed by atoms with E-state index in [1.807, 2.05) is 4.57 Å². The van der Waals surface area contributed by atoms with Crippen LogP contribution in [0, 0.1) is 5.82 Å². The van der Waals surface area contributed by atoms with E-state index < -0.39 is 0 Å². The highest BCUT2D eigenvalue weighted by Gasteiger charge is 2.19. The largest absolute Gasteiger partial charge is 0.349 e. The van der Waals surface area contributed by atoms with Crippen LogP contribution >= 0.6 is 0 Å². The maximum Gasteiger partial charge on any atom is 0.268 e. The van der Waals surface area contributed by atoms with E-state index in [4.69, 9.17) is 0 Å². The lowest BCUT2D eigenvalue weighted by atomic mass is 10.2. The van der Waals surface area contributed by atoms with Gasteiger partial charge in [0.1, 0.15) is 11.5 Å². The van der Waals surface area contributed by atoms with E-state index in [0.717, 1.165) is 10.9 Å². The maximum absolute atomic E-state index is 13.1. The Balaban J connectivity index is 2.36. The van der Waals surface area contributed by atoms with E-state index in [9.17, 15) is 9.18 Å². The van der Waals surface area contributed by atoms with Crippen molar-refractivity contribution < 1.29 is 9.18 Å². The molecule has 1 aromatic carbocycles. The van der Waals surface area contributed by atoms with Gasteiger partial charge >= 0.3 is 0 Å². The number of hydrogen-bond acceptors (Lipinski definition) is 1. The molecule has 0 saturated carbocycles. The molecule has 3 rings (SSSR count). The Bertz CT molecular complexity index is 559. The predicted octanol–water partition coefficient (Wildman–Crippen LogP) is 1.52. The van der Waals surface area contributed by atoms with Crippen LogP contribution in [0.15, 0.2) is 24.3 Å². The molecule has 2 aromatic rings. The van der Waals surface area contributed by atoms with Crippen molar-refractivity contribution in [2.24, 2.45) is 0 Å². The molecule has 1 N–H and O–H groups in total. The standard InChI is InChI=1S/C11H9FN2O/c12-8-2-1-7-5-10-11(15)13-3-4-14(10)9(7)6-8/h1-2,5-6H,3-4H2,(H,13,15). The number of carbonyl (C=O) groups is 1. The van der Waals surface area contributed by atoms with Gasteiger partial charge in [-0.25, -0.2) is 4.39 Å². The summed E-state index contributed by atoms with van der Waals surface area (Å²) in [5, 5.41) is 3.67. The summed E-state index contributed by atoms with van der Waals surface area (Å²) in [4.78, 5) is 11.5. The Morgan fingerprint density at radius 1 is 1.33 bits per heavy atom. The smallest absolute Gasteiger partial charge is 0.268 e. The molecule has 0 unspecified atom stereocenters. The average Bonchev–Trinajstić information content (AvgIpc) is 2.58. The molecule has 76 valence electrons. The van der Waals surface area contributed by atoms with Crippen LogP contribution in [0.4, 0.5) is 4.39 Å². The van der Waals surface area contributed by atoms with Gasteiger partial charge in [-0.2, -0.15) is 0 Å². The van der Waals surface area contributed by atoms with Gasteiger partial charge in [0.2, 0.25) is 0 Å². The molecule has 0 atom stereocenters. The Hall–Kier alpha value is -1.84. The van der Waals surface area contributed by atoms with Gasteiger partial charge in [0.05, 0.1) is 5.52 Å². The van der Waals surface area contributed by atoms with Crippen molar-refractivity contribution in [3.05, 3.63) is 35.8 Å². The minimum Gasteiger partial charge on any atom is -0.349 e. The third-order valence-electron chi connectivity index (χ3n) is 2.72. The first-order valence-corrected chi connectivity index (χ1v) is 4.83. The van der Waals surface area contributed by atoms with E-state index in [1.54, 1.807) is 12.1 Å². The van der Waals surface area contributed by atoms with E-state index >= 15 is 0 Å². The van der Waals surface area contributed by atoms with E-state index in [0.29, 0.717) is 18.8 Å². The zero-order chi connectivity index (χ0) is 10.4. The summed E-state index contributed by atoms with van der Waals surface area (Å²) in [6.07, 6.45) is 0. The number of nitrogens with one attached hydrogen (secondary N) is 1. The minimum atomic E-state index is -0.269. The third-order valence-corrected chi connectivity index (χ3v) is 2.72. The van der Waals surface area contributed by atoms with Gasteiger partial charge in [-0.3, -0.25) is 4.79 Å². The Kier molecular flexibility index (Phi) is 1.59. The molecule has 2 heterocycles. The lowest BCUT2D eigenvalue weighted by Crippen LogP contribution is -2.34. The second-order valence-electron chi connectivity index (χ2n) is 3.64. The number of fused-ring (bicyclic) bond motifs is 3. The SMILES string of the molecule is O=C1NCCn2c1cc1ccc(F)cc12. The van der Waals surface area contributed by atoms with Gasteiger partial charge in [0.15, 0.2) is 0 Å². The molecular weight excluding hydrogens is 195 g/mol. The second-order valence-corrected chi connectivity index (χ2v) is 3.64. The Labute approximate surface area is 85.5 Å². The number of hydrogen-bond donors (Lipinski definition) is 1. The molecule has 1 aliphatic rings. The van der Waals surface area contributed by atoms with Crippen LogP contribution in [0.2, 0.25) is 0 Å². The monoisotopic (exact) mass is 204 g/mol. The molecule has 0 bridgehead atoms.